The lowest BCUT2D eigenvalue weighted by Crippen LogP contribution is -2.29. The van der Waals surface area contributed by atoms with Crippen molar-refractivity contribution in [1.29, 1.82) is 0 Å². The molecule has 0 unspecified atom stereocenters. The van der Waals surface area contributed by atoms with Crippen LogP contribution in [0.5, 0.6) is 5.75 Å². The molecule has 0 spiro atoms. The van der Waals surface area contributed by atoms with Crippen molar-refractivity contribution in [3.8, 4) is 5.75 Å². The summed E-state index contributed by atoms with van der Waals surface area (Å²) in [5, 5.41) is 0.581. The Bertz CT molecular complexity index is 794. The SMILES string of the molecule is Cc1nc(=O)[nH]c(C)c1CCC(=O)N(C)CCCOc1ccccc1Cl. The summed E-state index contributed by atoms with van der Waals surface area (Å²) >= 11 is 6.03. The van der Waals surface area contributed by atoms with E-state index in [0.29, 0.717) is 48.9 Å². The van der Waals surface area contributed by atoms with Crippen molar-refractivity contribution in [1.82, 2.24) is 14.9 Å². The van der Waals surface area contributed by atoms with Crippen LogP contribution in [-0.4, -0.2) is 41.0 Å². The third-order valence-electron chi connectivity index (χ3n) is 4.20. The Balaban J connectivity index is 1.76. The number of para-hydroxylation sites is 1. The van der Waals surface area contributed by atoms with Crippen LogP contribution in [0.4, 0.5) is 0 Å². The Morgan fingerprint density at radius 3 is 2.73 bits per heavy atom. The van der Waals surface area contributed by atoms with Crippen LogP contribution in [0.15, 0.2) is 29.1 Å². The Hall–Kier alpha value is -2.34. The van der Waals surface area contributed by atoms with Crippen LogP contribution in [0.3, 0.4) is 0 Å². The van der Waals surface area contributed by atoms with Crippen LogP contribution in [0.2, 0.25) is 5.02 Å². The minimum Gasteiger partial charge on any atom is -0.492 e. The van der Waals surface area contributed by atoms with Gasteiger partial charge in [-0.3, -0.25) is 4.79 Å². The Labute approximate surface area is 158 Å². The summed E-state index contributed by atoms with van der Waals surface area (Å²) in [6.45, 7) is 4.71. The largest absolute Gasteiger partial charge is 0.492 e. The van der Waals surface area contributed by atoms with Crippen LogP contribution in [0.25, 0.3) is 0 Å². The highest BCUT2D eigenvalue weighted by molar-refractivity contribution is 6.32. The minimum absolute atomic E-state index is 0.0488. The molecule has 1 heterocycles. The zero-order chi connectivity index (χ0) is 19.1. The average Bonchev–Trinajstić information content (AvgIpc) is 2.58. The van der Waals surface area contributed by atoms with Gasteiger partial charge in [-0.25, -0.2) is 4.79 Å². The fraction of sp³-hybridized carbons (Fsp3) is 0.421. The quantitative estimate of drug-likeness (QED) is 0.718. The lowest BCUT2D eigenvalue weighted by Gasteiger charge is -2.18. The maximum atomic E-state index is 12.3. The molecular formula is C19H24ClN3O3. The maximum Gasteiger partial charge on any atom is 0.345 e. The summed E-state index contributed by atoms with van der Waals surface area (Å²) < 4.78 is 5.63. The molecule has 1 amide bonds. The van der Waals surface area contributed by atoms with E-state index in [9.17, 15) is 9.59 Å². The molecule has 0 aliphatic heterocycles. The number of rotatable bonds is 8. The monoisotopic (exact) mass is 377 g/mol. The molecule has 2 rings (SSSR count). The summed E-state index contributed by atoms with van der Waals surface area (Å²) in [6, 6.07) is 7.32. The van der Waals surface area contributed by atoms with Gasteiger partial charge in [0.05, 0.1) is 11.6 Å². The molecule has 7 heteroatoms. The number of ether oxygens (including phenoxy) is 1. The predicted octanol–water partition coefficient (Wildman–Crippen LogP) is 2.90. The summed E-state index contributed by atoms with van der Waals surface area (Å²) in [4.78, 5) is 31.9. The van der Waals surface area contributed by atoms with Crippen molar-refractivity contribution in [3.05, 3.63) is 56.7 Å². The van der Waals surface area contributed by atoms with Gasteiger partial charge >= 0.3 is 5.69 Å². The molecule has 2 aromatic rings. The number of aryl methyl sites for hydroxylation is 2. The first-order chi connectivity index (χ1) is 12.4. The number of carbonyl (C=O) groups is 1. The highest BCUT2D eigenvalue weighted by Gasteiger charge is 2.12. The summed E-state index contributed by atoms with van der Waals surface area (Å²) in [7, 11) is 1.78. The van der Waals surface area contributed by atoms with Crippen LogP contribution >= 0.6 is 11.6 Å². The molecule has 0 atom stereocenters. The average molecular weight is 378 g/mol. The number of hydrogen-bond donors (Lipinski definition) is 1. The number of H-pyrrole nitrogens is 1. The van der Waals surface area contributed by atoms with Crippen LogP contribution < -0.4 is 10.4 Å². The number of hydrogen-bond acceptors (Lipinski definition) is 4. The molecule has 0 bridgehead atoms. The molecule has 0 saturated heterocycles. The highest BCUT2D eigenvalue weighted by atomic mass is 35.5. The fourth-order valence-corrected chi connectivity index (χ4v) is 2.91. The van der Waals surface area contributed by atoms with Gasteiger partial charge in [-0.2, -0.15) is 4.98 Å². The third-order valence-corrected chi connectivity index (χ3v) is 4.51. The number of nitrogens with one attached hydrogen (secondary N) is 1. The van der Waals surface area contributed by atoms with Crippen molar-refractivity contribution in [2.45, 2.75) is 33.1 Å². The van der Waals surface area contributed by atoms with E-state index in [1.807, 2.05) is 25.1 Å². The number of nitrogens with zero attached hydrogens (tertiary/aromatic N) is 2. The Morgan fingerprint density at radius 1 is 1.31 bits per heavy atom. The number of halogens is 1. The molecule has 0 saturated carbocycles. The molecule has 1 aromatic carbocycles. The van der Waals surface area contributed by atoms with Crippen molar-refractivity contribution in [2.75, 3.05) is 20.2 Å². The van der Waals surface area contributed by atoms with Crippen LogP contribution in [0.1, 0.15) is 29.8 Å². The molecule has 26 heavy (non-hydrogen) atoms. The fourth-order valence-electron chi connectivity index (χ4n) is 2.72. The van der Waals surface area contributed by atoms with Gasteiger partial charge in [0.2, 0.25) is 5.91 Å². The van der Waals surface area contributed by atoms with E-state index < -0.39 is 0 Å². The molecule has 6 nitrogen and oxygen atoms in total. The summed E-state index contributed by atoms with van der Waals surface area (Å²) in [5.41, 5.74) is 2.01. The summed E-state index contributed by atoms with van der Waals surface area (Å²) in [5.74, 6) is 0.701. The smallest absolute Gasteiger partial charge is 0.345 e. The molecule has 0 aliphatic carbocycles. The molecule has 0 aliphatic rings. The molecule has 1 N–H and O–H groups in total. The van der Waals surface area contributed by atoms with E-state index in [-0.39, 0.29) is 11.6 Å². The number of carbonyl (C=O) groups excluding carboxylic acids is 1. The zero-order valence-electron chi connectivity index (χ0n) is 15.3. The number of amides is 1. The Morgan fingerprint density at radius 2 is 2.04 bits per heavy atom. The molecule has 1 aromatic heterocycles. The van der Waals surface area contributed by atoms with E-state index in [2.05, 4.69) is 9.97 Å². The topological polar surface area (TPSA) is 75.3 Å². The van der Waals surface area contributed by atoms with Gasteiger partial charge in [-0.05, 0) is 44.4 Å². The van der Waals surface area contributed by atoms with E-state index in [1.165, 1.54) is 0 Å². The number of benzene rings is 1. The molecule has 0 radical (unpaired) electrons. The predicted molar refractivity (Wildman–Crippen MR) is 102 cm³/mol. The van der Waals surface area contributed by atoms with E-state index in [1.54, 1.807) is 24.9 Å². The third kappa shape index (κ3) is 5.59. The first-order valence-corrected chi connectivity index (χ1v) is 8.94. The second-order valence-electron chi connectivity index (χ2n) is 6.18. The van der Waals surface area contributed by atoms with E-state index >= 15 is 0 Å². The standard InChI is InChI=1S/C19H24ClN3O3/c1-13-15(14(2)22-19(25)21-13)9-10-18(24)23(3)11-6-12-26-17-8-5-4-7-16(17)20/h4-5,7-8H,6,9-12H2,1-3H3,(H,21,22,25). The van der Waals surface area contributed by atoms with Gasteiger partial charge in [0.1, 0.15) is 5.75 Å². The first kappa shape index (κ1) is 20.0. The number of aromatic amines is 1. The second kappa shape index (κ2) is 9.38. The van der Waals surface area contributed by atoms with Gasteiger partial charge < -0.3 is 14.6 Å². The van der Waals surface area contributed by atoms with Crippen LogP contribution in [0, 0.1) is 13.8 Å². The van der Waals surface area contributed by atoms with Crippen LogP contribution in [-0.2, 0) is 11.2 Å². The zero-order valence-corrected chi connectivity index (χ0v) is 16.1. The highest BCUT2D eigenvalue weighted by Crippen LogP contribution is 2.23. The van der Waals surface area contributed by atoms with Crippen molar-refractivity contribution in [3.63, 3.8) is 0 Å². The lowest BCUT2D eigenvalue weighted by molar-refractivity contribution is -0.129. The van der Waals surface area contributed by atoms with Gasteiger partial charge in [0.25, 0.3) is 0 Å². The molecule has 140 valence electrons. The first-order valence-electron chi connectivity index (χ1n) is 8.56. The van der Waals surface area contributed by atoms with Gasteiger partial charge in [0, 0.05) is 31.4 Å². The van der Waals surface area contributed by atoms with Crippen molar-refractivity contribution in [2.24, 2.45) is 0 Å². The van der Waals surface area contributed by atoms with Crippen molar-refractivity contribution >= 4 is 17.5 Å². The normalized spacial score (nSPS) is 10.6. The van der Waals surface area contributed by atoms with Gasteiger partial charge in [-0.15, -0.1) is 0 Å². The molecular weight excluding hydrogens is 354 g/mol. The lowest BCUT2D eigenvalue weighted by atomic mass is 10.1. The number of aromatic nitrogens is 2. The second-order valence-corrected chi connectivity index (χ2v) is 6.59. The Kier molecular flexibility index (Phi) is 7.21. The van der Waals surface area contributed by atoms with E-state index in [0.717, 1.165) is 11.3 Å². The maximum absolute atomic E-state index is 12.3. The summed E-state index contributed by atoms with van der Waals surface area (Å²) in [6.07, 6.45) is 1.64. The van der Waals surface area contributed by atoms with Gasteiger partial charge in [0.15, 0.2) is 0 Å². The van der Waals surface area contributed by atoms with Crippen molar-refractivity contribution < 1.29 is 9.53 Å². The van der Waals surface area contributed by atoms with E-state index in [4.69, 9.17) is 16.3 Å². The minimum atomic E-state index is -0.356. The molecule has 0 fully saturated rings. The van der Waals surface area contributed by atoms with Gasteiger partial charge in [-0.1, -0.05) is 23.7 Å².